The Labute approximate surface area is 149 Å². The Bertz CT molecular complexity index is 838. The number of phenolic OH excluding ortho intramolecular Hbond substituents is 1. The van der Waals surface area contributed by atoms with Gasteiger partial charge in [0.1, 0.15) is 5.75 Å². The minimum absolute atomic E-state index is 0.00821. The number of nitrogens with one attached hydrogen (secondary N) is 1. The van der Waals surface area contributed by atoms with Crippen molar-refractivity contribution in [3.8, 4) is 5.75 Å². The van der Waals surface area contributed by atoms with Crippen molar-refractivity contribution in [3.05, 3.63) is 57.9 Å². The molecule has 1 aromatic heterocycles. The van der Waals surface area contributed by atoms with Crippen molar-refractivity contribution >= 4 is 34.9 Å². The molecule has 6 heteroatoms. The average molecular weight is 354 g/mol. The zero-order chi connectivity index (χ0) is 17.6. The maximum absolute atomic E-state index is 12.4. The number of aliphatic imine (C=N–C) groups is 1. The quantitative estimate of drug-likeness (QED) is 0.571. The first-order valence-corrected chi connectivity index (χ1v) is 8.92. The van der Waals surface area contributed by atoms with Gasteiger partial charge in [0, 0.05) is 30.8 Å². The number of amides is 1. The zero-order valence-corrected chi connectivity index (χ0v) is 14.4. The summed E-state index contributed by atoms with van der Waals surface area (Å²) in [6, 6.07) is 8.03. The molecule has 5 nitrogen and oxygen atoms in total. The minimum Gasteiger partial charge on any atom is -0.506 e. The number of hydrogen-bond donors (Lipinski definition) is 2. The Morgan fingerprint density at radius 1 is 1.28 bits per heavy atom. The molecule has 25 heavy (non-hydrogen) atoms. The highest BCUT2D eigenvalue weighted by atomic mass is 32.1. The third-order valence-corrected chi connectivity index (χ3v) is 4.80. The zero-order valence-electron chi connectivity index (χ0n) is 13.6. The highest BCUT2D eigenvalue weighted by Gasteiger charge is 2.13. The van der Waals surface area contributed by atoms with E-state index in [2.05, 4.69) is 10.3 Å². The molecule has 128 valence electrons. The molecule has 3 rings (SSSR count). The van der Waals surface area contributed by atoms with Gasteiger partial charge in [0.15, 0.2) is 5.78 Å². The van der Waals surface area contributed by atoms with Crippen molar-refractivity contribution in [2.45, 2.75) is 25.7 Å². The molecule has 2 N–H and O–H groups in total. The second-order valence-corrected chi connectivity index (χ2v) is 6.71. The van der Waals surface area contributed by atoms with E-state index in [0.29, 0.717) is 16.9 Å². The van der Waals surface area contributed by atoms with Crippen LogP contribution in [0.1, 0.15) is 45.7 Å². The molecule has 1 amide bonds. The van der Waals surface area contributed by atoms with Crippen LogP contribution in [0.15, 0.2) is 52.5 Å². The predicted molar refractivity (Wildman–Crippen MR) is 99.8 cm³/mol. The van der Waals surface area contributed by atoms with Gasteiger partial charge in [-0.3, -0.25) is 14.6 Å². The number of nitrogens with zero attached hydrogens (tertiary/aromatic N) is 1. The molecule has 2 aromatic rings. The van der Waals surface area contributed by atoms with E-state index in [-0.39, 0.29) is 23.1 Å². The van der Waals surface area contributed by atoms with E-state index >= 15 is 0 Å². The fourth-order valence-electron chi connectivity index (χ4n) is 2.57. The van der Waals surface area contributed by atoms with Gasteiger partial charge in [0.25, 0.3) is 5.91 Å². The topological polar surface area (TPSA) is 78.8 Å². The highest BCUT2D eigenvalue weighted by molar-refractivity contribution is 7.12. The van der Waals surface area contributed by atoms with E-state index in [1.54, 1.807) is 23.6 Å². The van der Waals surface area contributed by atoms with Crippen LogP contribution < -0.4 is 5.32 Å². The molecule has 1 aliphatic heterocycles. The number of carbonyl (C=O) groups excluding carboxylic acids is 2. The van der Waals surface area contributed by atoms with Crippen molar-refractivity contribution in [1.29, 1.82) is 0 Å². The lowest BCUT2D eigenvalue weighted by atomic mass is 10.0. The van der Waals surface area contributed by atoms with Gasteiger partial charge in [-0.1, -0.05) is 6.07 Å². The second kappa shape index (κ2) is 7.90. The molecule has 0 unspecified atom stereocenters. The average Bonchev–Trinajstić information content (AvgIpc) is 3.30. The molecule has 1 aromatic carbocycles. The Balaban J connectivity index is 1.61. The predicted octanol–water partition coefficient (Wildman–Crippen LogP) is 4.42. The number of rotatable bonds is 7. The number of thiophene rings is 1. The number of carbonyl (C=O) groups is 2. The summed E-state index contributed by atoms with van der Waals surface area (Å²) >= 11 is 1.31. The highest BCUT2D eigenvalue weighted by Crippen LogP contribution is 2.26. The normalized spacial score (nSPS) is 12.9. The van der Waals surface area contributed by atoms with Gasteiger partial charge >= 0.3 is 0 Å². The first-order valence-electron chi connectivity index (χ1n) is 8.04. The molecule has 0 fully saturated rings. The molecule has 0 spiro atoms. The molecule has 0 radical (unpaired) electrons. The maximum atomic E-state index is 12.4. The Morgan fingerprint density at radius 2 is 2.16 bits per heavy atom. The molecule has 0 atom stereocenters. The van der Waals surface area contributed by atoms with Crippen molar-refractivity contribution in [2.75, 3.05) is 5.32 Å². The maximum Gasteiger partial charge on any atom is 0.265 e. The van der Waals surface area contributed by atoms with Crippen molar-refractivity contribution in [1.82, 2.24) is 0 Å². The fraction of sp³-hybridized carbons (Fsp3) is 0.211. The van der Waals surface area contributed by atoms with Gasteiger partial charge in [-0.2, -0.15) is 0 Å². The number of aromatic hydroxyl groups is 1. The van der Waals surface area contributed by atoms with Crippen LogP contribution in [0, 0.1) is 0 Å². The monoisotopic (exact) mass is 354 g/mol. The number of phenols is 1. The molecular weight excluding hydrogens is 336 g/mol. The SMILES string of the molecule is O=C(CCCC1=CN=CC1)c1ccc(O)c(NC(=O)c2cccs2)c1. The first kappa shape index (κ1) is 17.1. The number of ketones is 1. The molecule has 0 saturated heterocycles. The summed E-state index contributed by atoms with van der Waals surface area (Å²) < 4.78 is 0. The van der Waals surface area contributed by atoms with Gasteiger partial charge in [0.05, 0.1) is 10.6 Å². The Morgan fingerprint density at radius 3 is 2.88 bits per heavy atom. The summed E-state index contributed by atoms with van der Waals surface area (Å²) in [6.45, 7) is 0. The molecule has 2 heterocycles. The minimum atomic E-state index is -0.303. The van der Waals surface area contributed by atoms with Crippen LogP contribution in [0.3, 0.4) is 0 Å². The van der Waals surface area contributed by atoms with E-state index in [0.717, 1.165) is 19.3 Å². The molecular formula is C19H18N2O3S. The number of hydrogen-bond acceptors (Lipinski definition) is 5. The van der Waals surface area contributed by atoms with Gasteiger partial charge in [-0.05, 0) is 48.1 Å². The summed E-state index contributed by atoms with van der Waals surface area (Å²) in [6.07, 6.45) is 6.60. The van der Waals surface area contributed by atoms with Crippen LogP contribution in [0.25, 0.3) is 0 Å². The van der Waals surface area contributed by atoms with E-state index < -0.39 is 0 Å². The third-order valence-electron chi connectivity index (χ3n) is 3.93. The van der Waals surface area contributed by atoms with Gasteiger partial charge < -0.3 is 10.4 Å². The van der Waals surface area contributed by atoms with Crippen molar-refractivity contribution < 1.29 is 14.7 Å². The molecule has 0 aliphatic carbocycles. The molecule has 1 aliphatic rings. The lowest BCUT2D eigenvalue weighted by molar-refractivity contribution is 0.0978. The summed E-state index contributed by atoms with van der Waals surface area (Å²) in [4.78, 5) is 29.1. The lowest BCUT2D eigenvalue weighted by Gasteiger charge is -2.09. The summed E-state index contributed by atoms with van der Waals surface area (Å²) in [5.41, 5.74) is 1.97. The van der Waals surface area contributed by atoms with Gasteiger partial charge in [-0.15, -0.1) is 11.3 Å². The van der Waals surface area contributed by atoms with Crippen LogP contribution >= 0.6 is 11.3 Å². The van der Waals surface area contributed by atoms with Gasteiger partial charge in [0.2, 0.25) is 0 Å². The molecule has 0 saturated carbocycles. The number of allylic oxidation sites excluding steroid dienone is 1. The lowest BCUT2D eigenvalue weighted by Crippen LogP contribution is -2.11. The van der Waals surface area contributed by atoms with E-state index in [9.17, 15) is 14.7 Å². The third kappa shape index (κ3) is 4.42. The van der Waals surface area contributed by atoms with E-state index in [1.807, 2.05) is 12.4 Å². The second-order valence-electron chi connectivity index (χ2n) is 5.76. The summed E-state index contributed by atoms with van der Waals surface area (Å²) in [5, 5.41) is 14.4. The van der Waals surface area contributed by atoms with Crippen LogP contribution in [-0.2, 0) is 0 Å². The Hall–Kier alpha value is -2.73. The van der Waals surface area contributed by atoms with Crippen LogP contribution in [-0.4, -0.2) is 23.0 Å². The largest absolute Gasteiger partial charge is 0.506 e. The smallest absolute Gasteiger partial charge is 0.265 e. The summed E-state index contributed by atoms with van der Waals surface area (Å²) in [5.74, 6) is -0.371. The number of benzene rings is 1. The fourth-order valence-corrected chi connectivity index (χ4v) is 3.19. The number of anilines is 1. The summed E-state index contributed by atoms with van der Waals surface area (Å²) in [7, 11) is 0. The van der Waals surface area contributed by atoms with Crippen molar-refractivity contribution in [3.63, 3.8) is 0 Å². The number of Topliss-reactive ketones (excluding diaryl/α,β-unsaturated/α-hetero) is 1. The molecule has 0 bridgehead atoms. The Kier molecular flexibility index (Phi) is 5.40. The van der Waals surface area contributed by atoms with Crippen LogP contribution in [0.2, 0.25) is 0 Å². The first-order chi connectivity index (χ1) is 12.1. The van der Waals surface area contributed by atoms with Gasteiger partial charge in [-0.25, -0.2) is 0 Å². The van der Waals surface area contributed by atoms with Crippen LogP contribution in [0.4, 0.5) is 5.69 Å². The van der Waals surface area contributed by atoms with E-state index in [4.69, 9.17) is 0 Å². The van der Waals surface area contributed by atoms with Crippen LogP contribution in [0.5, 0.6) is 5.75 Å². The van der Waals surface area contributed by atoms with Crippen molar-refractivity contribution in [2.24, 2.45) is 4.99 Å². The standard InChI is InChI=1S/C19H18N2O3S/c22-16(4-1-3-13-8-9-20-12-13)14-6-7-17(23)15(11-14)21-19(24)18-5-2-10-25-18/h2,5-7,9-12,23H,1,3-4,8H2,(H,21,24). The van der Waals surface area contributed by atoms with E-state index in [1.165, 1.54) is 29.0 Å².